The van der Waals surface area contributed by atoms with Crippen LogP contribution in [0.3, 0.4) is 0 Å². The summed E-state index contributed by atoms with van der Waals surface area (Å²) in [5, 5.41) is 0.995. The molecule has 2 aromatic carbocycles. The number of fused-ring (bicyclic) bond motifs is 2. The lowest BCUT2D eigenvalue weighted by Gasteiger charge is -2.18. The maximum absolute atomic E-state index is 11.9. The van der Waals surface area contributed by atoms with E-state index in [9.17, 15) is 4.39 Å². The molecule has 0 radical (unpaired) electrons. The number of hydrogen-bond donors (Lipinski definition) is 0. The van der Waals surface area contributed by atoms with Crippen molar-refractivity contribution in [3.05, 3.63) is 48.5 Å². The summed E-state index contributed by atoms with van der Waals surface area (Å²) in [6.45, 7) is 2.45. The van der Waals surface area contributed by atoms with E-state index < -0.39 is 6.67 Å². The molecule has 0 aliphatic carbocycles. The van der Waals surface area contributed by atoms with Gasteiger partial charge in [0.25, 0.3) is 0 Å². The van der Waals surface area contributed by atoms with Gasteiger partial charge in [-0.3, -0.25) is 0 Å². The minimum absolute atomic E-state index is 0.112. The number of aromatic nitrogens is 1. The van der Waals surface area contributed by atoms with Gasteiger partial charge in [-0.2, -0.15) is 0 Å². The van der Waals surface area contributed by atoms with Crippen LogP contribution in [-0.2, 0) is 9.47 Å². The van der Waals surface area contributed by atoms with Crippen LogP contribution in [0.15, 0.2) is 48.5 Å². The standard InChI is InChI=1S/C23H24FNO5/c24-7-8-26-9-10-27-11-12-28-19-3-5-21-17(15-19)1-4-20(25-21)18-2-6-22-23(16-18)30-14-13-29-22/h1-6,15-16H,7-14H2. The predicted octanol–water partition coefficient (Wildman–Crippen LogP) is 4.05. The van der Waals surface area contributed by atoms with E-state index in [1.54, 1.807) is 0 Å². The van der Waals surface area contributed by atoms with Gasteiger partial charge in [-0.25, -0.2) is 9.37 Å². The highest BCUT2D eigenvalue weighted by molar-refractivity contribution is 5.83. The van der Waals surface area contributed by atoms with Gasteiger partial charge in [-0.05, 0) is 42.5 Å². The van der Waals surface area contributed by atoms with Crippen LogP contribution in [-0.4, -0.2) is 57.9 Å². The number of rotatable bonds is 10. The molecule has 0 atom stereocenters. The molecule has 2 heterocycles. The third-order valence-electron chi connectivity index (χ3n) is 4.59. The molecule has 3 aromatic rings. The molecule has 0 amide bonds. The number of hydrogen-bond acceptors (Lipinski definition) is 6. The number of halogens is 1. The zero-order valence-corrected chi connectivity index (χ0v) is 16.6. The topological polar surface area (TPSA) is 59.0 Å². The van der Waals surface area contributed by atoms with Crippen molar-refractivity contribution in [2.24, 2.45) is 0 Å². The molecule has 1 aliphatic heterocycles. The summed E-state index contributed by atoms with van der Waals surface area (Å²) < 4.78 is 39.3. The Labute approximate surface area is 174 Å². The Morgan fingerprint density at radius 3 is 2.47 bits per heavy atom. The van der Waals surface area contributed by atoms with Gasteiger partial charge in [-0.15, -0.1) is 0 Å². The van der Waals surface area contributed by atoms with Crippen LogP contribution in [0.4, 0.5) is 4.39 Å². The van der Waals surface area contributed by atoms with Crippen molar-refractivity contribution in [1.82, 2.24) is 4.98 Å². The third kappa shape index (κ3) is 5.17. The highest BCUT2D eigenvalue weighted by atomic mass is 19.1. The number of nitrogens with zero attached hydrogens (tertiary/aromatic N) is 1. The SMILES string of the molecule is FCCOCCOCCOc1ccc2nc(-c3ccc4c(c3)OCCO4)ccc2c1. The average Bonchev–Trinajstić information content (AvgIpc) is 2.80. The summed E-state index contributed by atoms with van der Waals surface area (Å²) in [5.74, 6) is 2.28. The van der Waals surface area contributed by atoms with Gasteiger partial charge in [-0.1, -0.05) is 6.07 Å². The third-order valence-corrected chi connectivity index (χ3v) is 4.59. The minimum atomic E-state index is -0.474. The van der Waals surface area contributed by atoms with E-state index in [2.05, 4.69) is 0 Å². The first-order chi connectivity index (χ1) is 14.8. The fraction of sp³-hybridized carbons (Fsp3) is 0.348. The summed E-state index contributed by atoms with van der Waals surface area (Å²) in [7, 11) is 0. The van der Waals surface area contributed by atoms with Gasteiger partial charge in [0.1, 0.15) is 32.2 Å². The van der Waals surface area contributed by atoms with Gasteiger partial charge in [0, 0.05) is 10.9 Å². The van der Waals surface area contributed by atoms with E-state index in [1.807, 2.05) is 48.5 Å². The lowest BCUT2D eigenvalue weighted by atomic mass is 10.1. The Morgan fingerprint density at radius 1 is 0.800 bits per heavy atom. The summed E-state index contributed by atoms with van der Waals surface area (Å²) in [6.07, 6.45) is 0. The molecule has 6 nitrogen and oxygen atoms in total. The number of benzene rings is 2. The lowest BCUT2D eigenvalue weighted by molar-refractivity contribution is 0.0325. The van der Waals surface area contributed by atoms with E-state index in [0.29, 0.717) is 39.6 Å². The largest absolute Gasteiger partial charge is 0.491 e. The molecule has 0 saturated carbocycles. The highest BCUT2D eigenvalue weighted by Crippen LogP contribution is 2.34. The molecular weight excluding hydrogens is 389 g/mol. The molecule has 30 heavy (non-hydrogen) atoms. The molecule has 158 valence electrons. The Bertz CT molecular complexity index is 981. The monoisotopic (exact) mass is 413 g/mol. The van der Waals surface area contributed by atoms with Crippen LogP contribution < -0.4 is 14.2 Å². The van der Waals surface area contributed by atoms with Crippen molar-refractivity contribution in [3.8, 4) is 28.5 Å². The van der Waals surface area contributed by atoms with Crippen LogP contribution >= 0.6 is 0 Å². The molecule has 7 heteroatoms. The van der Waals surface area contributed by atoms with Crippen molar-refractivity contribution in [1.29, 1.82) is 0 Å². The minimum Gasteiger partial charge on any atom is -0.491 e. The Kier molecular flexibility index (Phi) is 6.95. The van der Waals surface area contributed by atoms with Crippen molar-refractivity contribution < 1.29 is 28.1 Å². The summed E-state index contributed by atoms with van der Waals surface area (Å²) in [4.78, 5) is 4.76. The van der Waals surface area contributed by atoms with Crippen LogP contribution in [0.5, 0.6) is 17.2 Å². The number of pyridine rings is 1. The van der Waals surface area contributed by atoms with Gasteiger partial charge < -0.3 is 23.7 Å². The Morgan fingerprint density at radius 2 is 1.60 bits per heavy atom. The first kappa shape index (κ1) is 20.4. The van der Waals surface area contributed by atoms with E-state index >= 15 is 0 Å². The maximum atomic E-state index is 11.9. The highest BCUT2D eigenvalue weighted by Gasteiger charge is 2.13. The molecule has 1 aliphatic rings. The molecule has 0 fully saturated rings. The summed E-state index contributed by atoms with van der Waals surface area (Å²) in [5.41, 5.74) is 2.74. The number of alkyl halides is 1. The van der Waals surface area contributed by atoms with E-state index in [0.717, 1.165) is 39.4 Å². The Hall–Kier alpha value is -2.90. The first-order valence-corrected chi connectivity index (χ1v) is 9.98. The lowest BCUT2D eigenvalue weighted by Crippen LogP contribution is -2.15. The van der Waals surface area contributed by atoms with Crippen molar-refractivity contribution >= 4 is 10.9 Å². The fourth-order valence-corrected chi connectivity index (χ4v) is 3.15. The molecule has 0 bridgehead atoms. The molecule has 0 saturated heterocycles. The average molecular weight is 413 g/mol. The van der Waals surface area contributed by atoms with Crippen LogP contribution in [0.2, 0.25) is 0 Å². The fourth-order valence-electron chi connectivity index (χ4n) is 3.15. The van der Waals surface area contributed by atoms with Crippen molar-refractivity contribution in [2.75, 3.05) is 52.9 Å². The molecule has 0 N–H and O–H groups in total. The molecule has 0 spiro atoms. The summed E-state index contributed by atoms with van der Waals surface area (Å²) in [6, 6.07) is 15.7. The predicted molar refractivity (Wildman–Crippen MR) is 111 cm³/mol. The van der Waals surface area contributed by atoms with Gasteiger partial charge >= 0.3 is 0 Å². The van der Waals surface area contributed by atoms with E-state index in [4.69, 9.17) is 28.7 Å². The van der Waals surface area contributed by atoms with Gasteiger partial charge in [0.2, 0.25) is 0 Å². The van der Waals surface area contributed by atoms with Crippen molar-refractivity contribution in [3.63, 3.8) is 0 Å². The Balaban J connectivity index is 1.35. The van der Waals surface area contributed by atoms with Gasteiger partial charge in [0.05, 0.1) is 37.6 Å². The molecule has 4 rings (SSSR count). The smallest absolute Gasteiger partial charge is 0.162 e. The zero-order valence-electron chi connectivity index (χ0n) is 16.6. The van der Waals surface area contributed by atoms with Crippen LogP contribution in [0, 0.1) is 0 Å². The second-order valence-electron chi connectivity index (χ2n) is 6.67. The van der Waals surface area contributed by atoms with E-state index in [-0.39, 0.29) is 6.61 Å². The van der Waals surface area contributed by atoms with Crippen molar-refractivity contribution in [2.45, 2.75) is 0 Å². The van der Waals surface area contributed by atoms with Gasteiger partial charge in [0.15, 0.2) is 11.5 Å². The second-order valence-corrected chi connectivity index (χ2v) is 6.67. The van der Waals surface area contributed by atoms with Crippen LogP contribution in [0.25, 0.3) is 22.2 Å². The zero-order chi connectivity index (χ0) is 20.6. The first-order valence-electron chi connectivity index (χ1n) is 9.98. The molecule has 0 unspecified atom stereocenters. The van der Waals surface area contributed by atoms with E-state index in [1.165, 1.54) is 0 Å². The number of ether oxygens (including phenoxy) is 5. The maximum Gasteiger partial charge on any atom is 0.162 e. The molecule has 1 aromatic heterocycles. The second kappa shape index (κ2) is 10.2. The normalized spacial score (nSPS) is 12.8. The quantitative estimate of drug-likeness (QED) is 0.468. The summed E-state index contributed by atoms with van der Waals surface area (Å²) >= 11 is 0. The van der Waals surface area contributed by atoms with Crippen LogP contribution in [0.1, 0.15) is 0 Å². The molecular formula is C23H24FNO5.